The van der Waals surface area contributed by atoms with Gasteiger partial charge in [-0.1, -0.05) is 24.3 Å². The van der Waals surface area contributed by atoms with Gasteiger partial charge in [0.1, 0.15) is 23.0 Å². The van der Waals surface area contributed by atoms with Gasteiger partial charge in [0.05, 0.1) is 22.7 Å². The van der Waals surface area contributed by atoms with Crippen LogP contribution in [-0.4, -0.2) is 30.6 Å². The number of benzene rings is 4. The van der Waals surface area contributed by atoms with Crippen LogP contribution in [0.25, 0.3) is 0 Å². The number of nitrogens with two attached hydrogens (primary N) is 2. The molecule has 0 radical (unpaired) electrons. The van der Waals surface area contributed by atoms with E-state index >= 15 is 0 Å². The lowest BCUT2D eigenvalue weighted by molar-refractivity contribution is 0.0224. The number of urea groups is 1. The molecule has 0 aromatic heterocycles. The number of rotatable bonds is 4. The highest BCUT2D eigenvalue weighted by atomic mass is 32.2. The molecule has 0 saturated heterocycles. The van der Waals surface area contributed by atoms with E-state index in [1.807, 2.05) is 0 Å². The Balaban J connectivity index is 1.52. The number of nitrogens with zero attached hydrogens (tertiary/aromatic N) is 1. The van der Waals surface area contributed by atoms with Crippen molar-refractivity contribution in [3.05, 3.63) is 107 Å². The van der Waals surface area contributed by atoms with E-state index in [-0.39, 0.29) is 45.7 Å². The maximum absolute atomic E-state index is 13.6. The van der Waals surface area contributed by atoms with Crippen LogP contribution < -0.4 is 20.5 Å². The van der Waals surface area contributed by atoms with E-state index < -0.39 is 27.6 Å². The summed E-state index contributed by atoms with van der Waals surface area (Å²) in [6.07, 6.45) is 0. The number of amides is 2. The van der Waals surface area contributed by atoms with E-state index in [4.69, 9.17) is 20.3 Å². The van der Waals surface area contributed by atoms with Gasteiger partial charge in [0.2, 0.25) is 10.0 Å². The van der Waals surface area contributed by atoms with Gasteiger partial charge in [-0.2, -0.15) is 0 Å². The van der Waals surface area contributed by atoms with Gasteiger partial charge in [-0.05, 0) is 48.0 Å². The monoisotopic (exact) mass is 559 g/mol. The summed E-state index contributed by atoms with van der Waals surface area (Å²) in [6.45, 7) is -0.0883. The molecule has 1 spiro atoms. The molecule has 0 fully saturated rings. The van der Waals surface area contributed by atoms with Crippen molar-refractivity contribution >= 4 is 27.7 Å². The molecular weight excluding hydrogens is 538 g/mol. The SMILES string of the molecule is NC(=O)N(Cc1ccc(S(N)(=O)=O)cc1)c1cccc2c1C(=O)OC21c2ccc(O)cc2Oc2cc(O)ccc21. The van der Waals surface area contributed by atoms with Gasteiger partial charge < -0.3 is 25.4 Å². The second-order valence-corrected chi connectivity index (χ2v) is 10.9. The largest absolute Gasteiger partial charge is 0.508 e. The molecule has 11 nitrogen and oxygen atoms in total. The maximum atomic E-state index is 13.6. The summed E-state index contributed by atoms with van der Waals surface area (Å²) in [5.41, 5.74) is 6.27. The second kappa shape index (κ2) is 8.73. The summed E-state index contributed by atoms with van der Waals surface area (Å²) in [4.78, 5) is 27.4. The van der Waals surface area contributed by atoms with E-state index in [2.05, 4.69) is 0 Å². The molecule has 6 rings (SSSR count). The number of carbonyl (C=O) groups is 2. The Morgan fingerprint density at radius 1 is 0.875 bits per heavy atom. The number of anilines is 1. The van der Waals surface area contributed by atoms with Gasteiger partial charge in [-0.3, -0.25) is 4.90 Å². The van der Waals surface area contributed by atoms with Crippen molar-refractivity contribution in [1.29, 1.82) is 0 Å². The number of fused-ring (bicyclic) bond motifs is 6. The molecule has 40 heavy (non-hydrogen) atoms. The first-order chi connectivity index (χ1) is 19.0. The third-order valence-corrected chi connectivity index (χ3v) is 7.86. The number of phenolic OH excluding ortho intramolecular Hbond substituents is 2. The minimum atomic E-state index is -3.91. The number of phenols is 2. The van der Waals surface area contributed by atoms with Crippen molar-refractivity contribution in [1.82, 2.24) is 0 Å². The number of esters is 1. The number of ether oxygens (including phenoxy) is 2. The lowest BCUT2D eigenvalue weighted by Gasteiger charge is -2.36. The minimum Gasteiger partial charge on any atom is -0.508 e. The molecule has 2 heterocycles. The summed E-state index contributed by atoms with van der Waals surface area (Å²) < 4.78 is 35.3. The Morgan fingerprint density at radius 3 is 2.02 bits per heavy atom. The molecule has 0 bridgehead atoms. The van der Waals surface area contributed by atoms with Gasteiger partial charge in [0.15, 0.2) is 5.60 Å². The molecule has 0 atom stereocenters. The van der Waals surface area contributed by atoms with Crippen molar-refractivity contribution in [2.75, 3.05) is 4.90 Å². The van der Waals surface area contributed by atoms with Crippen LogP contribution in [0.2, 0.25) is 0 Å². The zero-order chi connectivity index (χ0) is 28.4. The first-order valence-electron chi connectivity index (χ1n) is 11.9. The minimum absolute atomic E-state index is 0.0795. The Bertz CT molecular complexity index is 1790. The molecule has 0 saturated carbocycles. The molecule has 12 heteroatoms. The van der Waals surface area contributed by atoms with E-state index in [0.717, 1.165) is 0 Å². The Hall–Kier alpha value is -5.07. The normalized spacial score (nSPS) is 14.5. The predicted octanol–water partition coefficient (Wildman–Crippen LogP) is 3.40. The van der Waals surface area contributed by atoms with Crippen LogP contribution in [0.15, 0.2) is 83.8 Å². The number of primary sulfonamides is 1. The van der Waals surface area contributed by atoms with E-state index in [1.54, 1.807) is 30.3 Å². The number of aromatic hydroxyl groups is 2. The molecule has 2 aliphatic rings. The van der Waals surface area contributed by atoms with Gasteiger partial charge >= 0.3 is 12.0 Å². The fraction of sp³-hybridized carbons (Fsp3) is 0.0714. The molecule has 0 aliphatic carbocycles. The van der Waals surface area contributed by atoms with E-state index in [1.165, 1.54) is 53.4 Å². The molecule has 4 aromatic rings. The summed E-state index contributed by atoms with van der Waals surface area (Å²) in [5.74, 6) is -0.466. The topological polar surface area (TPSA) is 182 Å². The zero-order valence-corrected chi connectivity index (χ0v) is 21.4. The third-order valence-electron chi connectivity index (χ3n) is 6.93. The van der Waals surface area contributed by atoms with Crippen LogP contribution in [0.4, 0.5) is 10.5 Å². The Kier molecular flexibility index (Phi) is 5.50. The van der Waals surface area contributed by atoms with Crippen LogP contribution in [0.1, 0.15) is 32.6 Å². The van der Waals surface area contributed by atoms with Crippen molar-refractivity contribution in [3.8, 4) is 23.0 Å². The van der Waals surface area contributed by atoms with Gasteiger partial charge in [-0.15, -0.1) is 0 Å². The number of carbonyl (C=O) groups excluding carboxylic acids is 2. The predicted molar refractivity (Wildman–Crippen MR) is 142 cm³/mol. The van der Waals surface area contributed by atoms with Crippen LogP contribution in [0.3, 0.4) is 0 Å². The number of hydrogen-bond acceptors (Lipinski definition) is 8. The standard InChI is InChI=1S/C28H21N3O8S/c29-27(35)31(14-15-4-8-18(9-5-15)40(30,36)37)22-3-1-2-21-25(22)26(34)39-28(21)19-10-6-16(32)12-23(19)38-24-13-17(33)7-11-20(24)28/h1-13,32-33H,14H2,(H2,29,35)(H2,30,36,37). The summed E-state index contributed by atoms with van der Waals surface area (Å²) in [5, 5.41) is 25.4. The van der Waals surface area contributed by atoms with Crippen molar-refractivity contribution in [3.63, 3.8) is 0 Å². The molecule has 202 valence electrons. The van der Waals surface area contributed by atoms with Crippen molar-refractivity contribution in [2.24, 2.45) is 10.9 Å². The first kappa shape index (κ1) is 25.2. The molecular formula is C28H21N3O8S. The second-order valence-electron chi connectivity index (χ2n) is 9.35. The van der Waals surface area contributed by atoms with Crippen LogP contribution in [0.5, 0.6) is 23.0 Å². The maximum Gasteiger partial charge on any atom is 0.342 e. The lowest BCUT2D eigenvalue weighted by Crippen LogP contribution is -2.36. The summed E-state index contributed by atoms with van der Waals surface area (Å²) >= 11 is 0. The third kappa shape index (κ3) is 3.81. The zero-order valence-electron chi connectivity index (χ0n) is 20.6. The van der Waals surface area contributed by atoms with Crippen LogP contribution in [0, 0.1) is 0 Å². The fourth-order valence-electron chi connectivity index (χ4n) is 5.20. The van der Waals surface area contributed by atoms with Crippen molar-refractivity contribution < 1.29 is 37.7 Å². The first-order valence-corrected chi connectivity index (χ1v) is 13.4. The Labute approximate surface area is 227 Å². The highest BCUT2D eigenvalue weighted by Gasteiger charge is 2.54. The molecule has 4 aromatic carbocycles. The van der Waals surface area contributed by atoms with Crippen LogP contribution >= 0.6 is 0 Å². The molecule has 2 aliphatic heterocycles. The smallest absolute Gasteiger partial charge is 0.342 e. The highest BCUT2D eigenvalue weighted by molar-refractivity contribution is 7.89. The molecule has 2 amide bonds. The Morgan fingerprint density at radius 2 is 1.48 bits per heavy atom. The van der Waals surface area contributed by atoms with E-state index in [9.17, 15) is 28.2 Å². The van der Waals surface area contributed by atoms with E-state index in [0.29, 0.717) is 22.3 Å². The number of primary amides is 1. The molecule has 0 unspecified atom stereocenters. The highest BCUT2D eigenvalue weighted by Crippen LogP contribution is 2.58. The fourth-order valence-corrected chi connectivity index (χ4v) is 5.72. The van der Waals surface area contributed by atoms with Crippen LogP contribution in [-0.2, 0) is 26.9 Å². The summed E-state index contributed by atoms with van der Waals surface area (Å²) in [7, 11) is -3.91. The van der Waals surface area contributed by atoms with Gasteiger partial charge in [0, 0.05) is 28.8 Å². The summed E-state index contributed by atoms with van der Waals surface area (Å²) in [6, 6.07) is 18.4. The number of sulfonamides is 1. The average molecular weight is 560 g/mol. The van der Waals surface area contributed by atoms with Crippen molar-refractivity contribution in [2.45, 2.75) is 17.0 Å². The molecule has 6 N–H and O–H groups in total. The quantitative estimate of drug-likeness (QED) is 0.274. The number of hydrogen-bond donors (Lipinski definition) is 4. The average Bonchev–Trinajstić information content (AvgIpc) is 3.19. The van der Waals surface area contributed by atoms with Gasteiger partial charge in [-0.25, -0.2) is 23.1 Å². The lowest BCUT2D eigenvalue weighted by atomic mass is 9.77. The van der Waals surface area contributed by atoms with Gasteiger partial charge in [0.25, 0.3) is 0 Å².